The number of carbonyl (C=O) groups is 3. The third-order valence-electron chi connectivity index (χ3n) is 3.30. The molecule has 21 heavy (non-hydrogen) atoms. The first-order valence-electron chi connectivity index (χ1n) is 6.82. The SMILES string of the molecule is COC(=O)C[C@@H](C=O)CC(=O)[C@H](N)Cc1ccc(C)cc1. The maximum absolute atomic E-state index is 12.0. The Kier molecular flexibility index (Phi) is 6.75. The van der Waals surface area contributed by atoms with E-state index in [-0.39, 0.29) is 18.6 Å². The number of esters is 1. The van der Waals surface area contributed by atoms with Gasteiger partial charge in [-0.05, 0) is 18.9 Å². The minimum atomic E-state index is -0.673. The summed E-state index contributed by atoms with van der Waals surface area (Å²) in [6.07, 6.45) is 0.894. The third kappa shape index (κ3) is 5.87. The van der Waals surface area contributed by atoms with Gasteiger partial charge in [-0.2, -0.15) is 0 Å². The summed E-state index contributed by atoms with van der Waals surface area (Å²) in [5, 5.41) is 0. The summed E-state index contributed by atoms with van der Waals surface area (Å²) in [5.74, 6) is -1.40. The van der Waals surface area contributed by atoms with E-state index in [0.717, 1.165) is 11.1 Å². The van der Waals surface area contributed by atoms with Crippen molar-refractivity contribution in [3.63, 3.8) is 0 Å². The molecule has 0 bridgehead atoms. The summed E-state index contributed by atoms with van der Waals surface area (Å²) in [5.41, 5.74) is 7.98. The lowest BCUT2D eigenvalue weighted by Gasteiger charge is -2.13. The van der Waals surface area contributed by atoms with E-state index in [1.54, 1.807) is 0 Å². The number of methoxy groups -OCH3 is 1. The number of ether oxygens (including phenoxy) is 1. The first-order valence-corrected chi connectivity index (χ1v) is 6.82. The fourth-order valence-corrected chi connectivity index (χ4v) is 1.97. The van der Waals surface area contributed by atoms with Gasteiger partial charge in [-0.3, -0.25) is 9.59 Å². The van der Waals surface area contributed by atoms with Gasteiger partial charge in [0.05, 0.1) is 19.6 Å². The molecule has 2 atom stereocenters. The van der Waals surface area contributed by atoms with Crippen LogP contribution in [-0.2, 0) is 25.5 Å². The maximum atomic E-state index is 12.0. The van der Waals surface area contributed by atoms with Crippen molar-refractivity contribution >= 4 is 18.0 Å². The van der Waals surface area contributed by atoms with Crippen LogP contribution < -0.4 is 5.73 Å². The van der Waals surface area contributed by atoms with Crippen molar-refractivity contribution in [2.45, 2.75) is 32.2 Å². The van der Waals surface area contributed by atoms with Crippen molar-refractivity contribution in [3.8, 4) is 0 Å². The molecule has 0 saturated carbocycles. The second kappa shape index (κ2) is 8.32. The minimum Gasteiger partial charge on any atom is -0.469 e. The van der Waals surface area contributed by atoms with Gasteiger partial charge in [0.2, 0.25) is 0 Å². The monoisotopic (exact) mass is 291 g/mol. The first-order chi connectivity index (χ1) is 9.96. The Labute approximate surface area is 124 Å². The van der Waals surface area contributed by atoms with Gasteiger partial charge in [0.15, 0.2) is 5.78 Å². The van der Waals surface area contributed by atoms with Crippen molar-refractivity contribution < 1.29 is 19.1 Å². The second-order valence-electron chi connectivity index (χ2n) is 5.14. The van der Waals surface area contributed by atoms with E-state index < -0.39 is 17.9 Å². The highest BCUT2D eigenvalue weighted by Crippen LogP contribution is 2.11. The molecule has 0 aliphatic rings. The summed E-state index contributed by atoms with van der Waals surface area (Å²) >= 11 is 0. The van der Waals surface area contributed by atoms with Crippen LogP contribution in [0.1, 0.15) is 24.0 Å². The molecule has 1 aromatic carbocycles. The number of hydrogen-bond donors (Lipinski definition) is 1. The standard InChI is InChI=1S/C16H21NO4/c1-11-3-5-12(6-4-11)7-14(17)15(19)8-13(10-18)9-16(20)21-2/h3-6,10,13-14H,7-9,17H2,1-2H3/t13-,14+/m0/s1. The number of aldehydes is 1. The predicted octanol–water partition coefficient (Wildman–Crippen LogP) is 1.20. The van der Waals surface area contributed by atoms with Gasteiger partial charge in [0, 0.05) is 12.3 Å². The van der Waals surface area contributed by atoms with Crippen LogP contribution in [0.2, 0.25) is 0 Å². The molecular formula is C16H21NO4. The molecule has 1 aromatic rings. The Balaban J connectivity index is 2.54. The van der Waals surface area contributed by atoms with Crippen LogP contribution in [0.3, 0.4) is 0 Å². The molecule has 5 nitrogen and oxygen atoms in total. The summed E-state index contributed by atoms with van der Waals surface area (Å²) in [6, 6.07) is 7.09. The van der Waals surface area contributed by atoms with Crippen molar-refractivity contribution in [2.75, 3.05) is 7.11 Å². The van der Waals surface area contributed by atoms with Crippen LogP contribution in [0.4, 0.5) is 0 Å². The number of aryl methyl sites for hydroxylation is 1. The fraction of sp³-hybridized carbons (Fsp3) is 0.438. The lowest BCUT2D eigenvalue weighted by molar-refractivity contribution is -0.143. The number of benzene rings is 1. The van der Waals surface area contributed by atoms with Crippen LogP contribution >= 0.6 is 0 Å². The third-order valence-corrected chi connectivity index (χ3v) is 3.30. The smallest absolute Gasteiger partial charge is 0.306 e. The van der Waals surface area contributed by atoms with E-state index >= 15 is 0 Å². The Hall–Kier alpha value is -2.01. The van der Waals surface area contributed by atoms with E-state index in [9.17, 15) is 14.4 Å². The molecule has 0 amide bonds. The van der Waals surface area contributed by atoms with E-state index in [2.05, 4.69) is 4.74 Å². The molecule has 0 unspecified atom stereocenters. The molecule has 5 heteroatoms. The van der Waals surface area contributed by atoms with Gasteiger partial charge in [-0.15, -0.1) is 0 Å². The van der Waals surface area contributed by atoms with Crippen LogP contribution in [-0.4, -0.2) is 31.2 Å². The highest BCUT2D eigenvalue weighted by Gasteiger charge is 2.21. The summed E-state index contributed by atoms with van der Waals surface area (Å²) in [6.45, 7) is 1.98. The zero-order valence-corrected chi connectivity index (χ0v) is 12.4. The van der Waals surface area contributed by atoms with Gasteiger partial charge in [0.25, 0.3) is 0 Å². The Morgan fingerprint density at radius 3 is 2.38 bits per heavy atom. The number of Topliss-reactive ketones (excluding diaryl/α,β-unsaturated/α-hetero) is 1. The van der Waals surface area contributed by atoms with Crippen LogP contribution in [0.5, 0.6) is 0 Å². The summed E-state index contributed by atoms with van der Waals surface area (Å²) in [4.78, 5) is 34.1. The molecule has 0 spiro atoms. The van der Waals surface area contributed by atoms with E-state index in [1.165, 1.54) is 7.11 Å². The molecule has 1 rings (SSSR count). The van der Waals surface area contributed by atoms with Crippen molar-refractivity contribution in [1.82, 2.24) is 0 Å². The minimum absolute atomic E-state index is 0.0361. The van der Waals surface area contributed by atoms with Crippen molar-refractivity contribution in [1.29, 1.82) is 0 Å². The lowest BCUT2D eigenvalue weighted by Crippen LogP contribution is -2.34. The van der Waals surface area contributed by atoms with Gasteiger partial charge >= 0.3 is 5.97 Å². The molecule has 0 aliphatic heterocycles. The number of nitrogens with two attached hydrogens (primary N) is 1. The molecule has 114 valence electrons. The van der Waals surface area contributed by atoms with Crippen molar-refractivity contribution in [2.24, 2.45) is 11.7 Å². The first kappa shape index (κ1) is 17.0. The average molecular weight is 291 g/mol. The number of rotatable bonds is 8. The van der Waals surface area contributed by atoms with E-state index in [0.29, 0.717) is 12.7 Å². The molecule has 2 N–H and O–H groups in total. The normalized spacial score (nSPS) is 13.3. The van der Waals surface area contributed by atoms with E-state index in [1.807, 2.05) is 31.2 Å². The molecule has 0 radical (unpaired) electrons. The predicted molar refractivity (Wildman–Crippen MR) is 78.7 cm³/mol. The van der Waals surface area contributed by atoms with Gasteiger partial charge in [0.1, 0.15) is 6.29 Å². The lowest BCUT2D eigenvalue weighted by atomic mass is 9.94. The molecule has 0 aliphatic carbocycles. The molecule has 0 aromatic heterocycles. The molecule has 0 heterocycles. The van der Waals surface area contributed by atoms with Crippen LogP contribution in [0.15, 0.2) is 24.3 Å². The second-order valence-corrected chi connectivity index (χ2v) is 5.14. The maximum Gasteiger partial charge on any atom is 0.306 e. The summed E-state index contributed by atoms with van der Waals surface area (Å²) in [7, 11) is 1.25. The van der Waals surface area contributed by atoms with Crippen molar-refractivity contribution in [3.05, 3.63) is 35.4 Å². The number of hydrogen-bond acceptors (Lipinski definition) is 5. The van der Waals surface area contributed by atoms with Gasteiger partial charge < -0.3 is 15.3 Å². The van der Waals surface area contributed by atoms with Gasteiger partial charge in [-0.1, -0.05) is 29.8 Å². The van der Waals surface area contributed by atoms with E-state index in [4.69, 9.17) is 5.73 Å². The van der Waals surface area contributed by atoms with Crippen LogP contribution in [0.25, 0.3) is 0 Å². The Bertz CT molecular complexity index is 496. The number of ketones is 1. The topological polar surface area (TPSA) is 86.5 Å². The zero-order valence-electron chi connectivity index (χ0n) is 12.4. The Morgan fingerprint density at radius 1 is 1.24 bits per heavy atom. The molecule has 0 fully saturated rings. The van der Waals surface area contributed by atoms with Crippen LogP contribution in [0, 0.1) is 12.8 Å². The molecular weight excluding hydrogens is 270 g/mol. The largest absolute Gasteiger partial charge is 0.469 e. The quantitative estimate of drug-likeness (QED) is 0.574. The summed E-state index contributed by atoms with van der Waals surface area (Å²) < 4.78 is 4.49. The zero-order chi connectivity index (χ0) is 15.8. The molecule has 0 saturated heterocycles. The highest BCUT2D eigenvalue weighted by atomic mass is 16.5. The number of carbonyl (C=O) groups excluding carboxylic acids is 3. The average Bonchev–Trinajstić information content (AvgIpc) is 2.48. The Morgan fingerprint density at radius 2 is 1.86 bits per heavy atom. The fourth-order valence-electron chi connectivity index (χ4n) is 1.97. The highest BCUT2D eigenvalue weighted by molar-refractivity contribution is 5.87. The van der Waals surface area contributed by atoms with Gasteiger partial charge in [-0.25, -0.2) is 0 Å².